The Hall–Kier alpha value is -3.34. The second-order valence-electron chi connectivity index (χ2n) is 9.13. The Morgan fingerprint density at radius 3 is 1.97 bits per heavy atom. The standard InChI is InChI=1S/C18H27N3O4.2C2HF3O2/c1-19(2)8-9-20-11-14-12-21(16(22)15-5-3-10-25-15)7-4-6-18(14,13-20)17(23)24;2*3-2(4,5)1(6)7/h3,5,10,14H,4,6-9,11-13H2,1-2H3,(H,23,24);2*(H,6,7)/t14-,18+;;/m1../s1. The van der Waals surface area contributed by atoms with E-state index in [1.54, 1.807) is 17.0 Å². The summed E-state index contributed by atoms with van der Waals surface area (Å²) in [4.78, 5) is 48.7. The number of likely N-dealkylation sites (tertiary alicyclic amines) is 2. The Kier molecular flexibility index (Phi) is 11.8. The lowest BCUT2D eigenvalue weighted by atomic mass is 9.75. The van der Waals surface area contributed by atoms with E-state index >= 15 is 0 Å². The van der Waals surface area contributed by atoms with Crippen LogP contribution in [0.25, 0.3) is 0 Å². The van der Waals surface area contributed by atoms with E-state index in [4.69, 9.17) is 24.2 Å². The van der Waals surface area contributed by atoms with Crippen molar-refractivity contribution in [3.05, 3.63) is 24.2 Å². The number of nitrogens with zero attached hydrogens (tertiary/aromatic N) is 3. The van der Waals surface area contributed by atoms with E-state index < -0.39 is 35.7 Å². The third kappa shape index (κ3) is 10.0. The second kappa shape index (κ2) is 13.6. The Bertz CT molecular complexity index is 959. The SMILES string of the molecule is CN(C)CCN1C[C@@H]2CN(C(=O)c3ccco3)CCC[C@]2(C(=O)O)C1.O=C(O)C(F)(F)F.O=C(O)C(F)(F)F. The fraction of sp³-hybridized carbons (Fsp3) is 0.636. The Labute approximate surface area is 218 Å². The van der Waals surface area contributed by atoms with Gasteiger partial charge in [0.25, 0.3) is 5.91 Å². The number of carbonyl (C=O) groups is 4. The number of halogens is 6. The van der Waals surface area contributed by atoms with Crippen molar-refractivity contribution in [2.75, 3.05) is 53.4 Å². The summed E-state index contributed by atoms with van der Waals surface area (Å²) in [6.07, 6.45) is -7.35. The first-order chi connectivity index (χ1) is 17.8. The van der Waals surface area contributed by atoms with Crippen molar-refractivity contribution in [3.63, 3.8) is 0 Å². The quantitative estimate of drug-likeness (QED) is 0.445. The van der Waals surface area contributed by atoms with Crippen LogP contribution in [0.2, 0.25) is 0 Å². The molecule has 0 aliphatic carbocycles. The normalized spacial score (nSPS) is 21.6. The molecule has 3 rings (SSSR count). The molecule has 0 aromatic carbocycles. The third-order valence-electron chi connectivity index (χ3n) is 6.05. The highest BCUT2D eigenvalue weighted by Crippen LogP contribution is 2.43. The van der Waals surface area contributed by atoms with Crippen LogP contribution in [0.4, 0.5) is 26.3 Å². The minimum atomic E-state index is -5.08. The summed E-state index contributed by atoms with van der Waals surface area (Å²) < 4.78 is 68.7. The number of alkyl halides is 6. The molecule has 0 spiro atoms. The van der Waals surface area contributed by atoms with Gasteiger partial charge in [-0.25, -0.2) is 9.59 Å². The summed E-state index contributed by atoms with van der Waals surface area (Å²) in [7, 11) is 4.04. The molecule has 1 amide bonds. The van der Waals surface area contributed by atoms with Crippen LogP contribution < -0.4 is 0 Å². The summed E-state index contributed by atoms with van der Waals surface area (Å²) in [6.45, 7) is 4.11. The maximum Gasteiger partial charge on any atom is 0.490 e. The summed E-state index contributed by atoms with van der Waals surface area (Å²) in [5.41, 5.74) is -0.746. The van der Waals surface area contributed by atoms with E-state index in [1.165, 1.54) is 6.26 Å². The molecule has 3 N–H and O–H groups in total. The molecule has 2 fully saturated rings. The summed E-state index contributed by atoms with van der Waals surface area (Å²) >= 11 is 0. The summed E-state index contributed by atoms with van der Waals surface area (Å²) in [5, 5.41) is 24.2. The van der Waals surface area contributed by atoms with Gasteiger partial charge in [0.05, 0.1) is 11.7 Å². The highest BCUT2D eigenvalue weighted by Gasteiger charge is 2.53. The van der Waals surface area contributed by atoms with Gasteiger partial charge in [0, 0.05) is 45.2 Å². The molecule has 11 nitrogen and oxygen atoms in total. The van der Waals surface area contributed by atoms with Crippen molar-refractivity contribution in [3.8, 4) is 0 Å². The van der Waals surface area contributed by atoms with Crippen molar-refractivity contribution < 1.29 is 65.3 Å². The van der Waals surface area contributed by atoms with Crippen LogP contribution in [0.5, 0.6) is 0 Å². The van der Waals surface area contributed by atoms with Crippen LogP contribution in [-0.4, -0.2) is 120 Å². The van der Waals surface area contributed by atoms with E-state index in [0.717, 1.165) is 19.6 Å². The van der Waals surface area contributed by atoms with Crippen LogP contribution in [0.1, 0.15) is 23.4 Å². The lowest BCUT2D eigenvalue weighted by Gasteiger charge is -2.29. The molecule has 1 aromatic rings. The van der Waals surface area contributed by atoms with Gasteiger partial charge in [0.1, 0.15) is 0 Å². The molecule has 2 atom stereocenters. The number of furan rings is 1. The molecule has 2 aliphatic rings. The lowest BCUT2D eigenvalue weighted by molar-refractivity contribution is -0.193. The Morgan fingerprint density at radius 1 is 1.03 bits per heavy atom. The fourth-order valence-electron chi connectivity index (χ4n) is 4.14. The Morgan fingerprint density at radius 2 is 1.56 bits per heavy atom. The van der Waals surface area contributed by atoms with Crippen LogP contribution in [0.3, 0.4) is 0 Å². The third-order valence-corrected chi connectivity index (χ3v) is 6.05. The molecule has 3 heterocycles. The van der Waals surface area contributed by atoms with Crippen LogP contribution in [0, 0.1) is 11.3 Å². The lowest BCUT2D eigenvalue weighted by Crippen LogP contribution is -2.42. The maximum absolute atomic E-state index is 12.6. The molecule has 2 saturated heterocycles. The number of hydrogen-bond acceptors (Lipinski definition) is 7. The van der Waals surface area contributed by atoms with Gasteiger partial charge in [-0.2, -0.15) is 26.3 Å². The first-order valence-electron chi connectivity index (χ1n) is 11.3. The van der Waals surface area contributed by atoms with Crippen LogP contribution in [-0.2, 0) is 14.4 Å². The monoisotopic (exact) mass is 577 g/mol. The van der Waals surface area contributed by atoms with Gasteiger partial charge in [-0.05, 0) is 39.1 Å². The number of aliphatic carboxylic acids is 3. The zero-order chi connectivity index (χ0) is 30.2. The van der Waals surface area contributed by atoms with Crippen molar-refractivity contribution in [1.82, 2.24) is 14.7 Å². The number of amides is 1. The zero-order valence-electron chi connectivity index (χ0n) is 21.0. The predicted molar refractivity (Wildman–Crippen MR) is 120 cm³/mol. The molecule has 0 saturated carbocycles. The van der Waals surface area contributed by atoms with Crippen molar-refractivity contribution >= 4 is 23.8 Å². The van der Waals surface area contributed by atoms with Crippen molar-refractivity contribution in [1.29, 1.82) is 0 Å². The van der Waals surface area contributed by atoms with Gasteiger partial charge in [-0.3, -0.25) is 9.59 Å². The van der Waals surface area contributed by atoms with Gasteiger partial charge in [-0.1, -0.05) is 0 Å². The molecular weight excluding hydrogens is 548 g/mol. The molecule has 39 heavy (non-hydrogen) atoms. The number of fused-ring (bicyclic) bond motifs is 1. The van der Waals surface area contributed by atoms with Gasteiger partial charge in [-0.15, -0.1) is 0 Å². The second-order valence-corrected chi connectivity index (χ2v) is 9.13. The predicted octanol–water partition coefficient (Wildman–Crippen LogP) is 2.35. The number of carboxylic acid groups (broad SMARTS) is 3. The fourth-order valence-corrected chi connectivity index (χ4v) is 4.14. The molecule has 1 aromatic heterocycles. The number of rotatable bonds is 5. The van der Waals surface area contributed by atoms with E-state index in [9.17, 15) is 41.0 Å². The topological polar surface area (TPSA) is 152 Å². The molecular formula is C22H29F6N3O8. The number of carboxylic acids is 3. The molecule has 17 heteroatoms. The average molecular weight is 577 g/mol. The van der Waals surface area contributed by atoms with Crippen LogP contribution in [0.15, 0.2) is 22.8 Å². The first-order valence-corrected chi connectivity index (χ1v) is 11.3. The highest BCUT2D eigenvalue weighted by molar-refractivity contribution is 5.91. The van der Waals surface area contributed by atoms with E-state index in [0.29, 0.717) is 38.2 Å². The van der Waals surface area contributed by atoms with E-state index in [2.05, 4.69) is 9.80 Å². The van der Waals surface area contributed by atoms with Crippen molar-refractivity contribution in [2.24, 2.45) is 11.3 Å². The number of likely N-dealkylation sites (N-methyl/N-ethyl adjacent to an activating group) is 1. The van der Waals surface area contributed by atoms with E-state index in [-0.39, 0.29) is 11.8 Å². The number of hydrogen-bond donors (Lipinski definition) is 3. The van der Waals surface area contributed by atoms with Gasteiger partial charge < -0.3 is 34.4 Å². The van der Waals surface area contributed by atoms with Crippen molar-refractivity contribution in [2.45, 2.75) is 25.2 Å². The Balaban J connectivity index is 0.000000449. The van der Waals surface area contributed by atoms with Crippen LogP contribution >= 0.6 is 0 Å². The largest absolute Gasteiger partial charge is 0.490 e. The van der Waals surface area contributed by atoms with Gasteiger partial charge >= 0.3 is 30.3 Å². The summed E-state index contributed by atoms with van der Waals surface area (Å²) in [5.74, 6) is -6.10. The highest BCUT2D eigenvalue weighted by atomic mass is 19.4. The molecule has 2 aliphatic heterocycles. The summed E-state index contributed by atoms with van der Waals surface area (Å²) in [6, 6.07) is 3.36. The van der Waals surface area contributed by atoms with E-state index in [1.807, 2.05) is 14.1 Å². The number of carbonyl (C=O) groups excluding carboxylic acids is 1. The maximum atomic E-state index is 12.6. The average Bonchev–Trinajstić information content (AvgIpc) is 3.42. The molecule has 0 radical (unpaired) electrons. The smallest absolute Gasteiger partial charge is 0.481 e. The minimum absolute atomic E-state index is 0.0476. The molecule has 0 bridgehead atoms. The zero-order valence-corrected chi connectivity index (χ0v) is 21.0. The first kappa shape index (κ1) is 33.7. The minimum Gasteiger partial charge on any atom is -0.481 e. The van der Waals surface area contributed by atoms with Gasteiger partial charge in [0.15, 0.2) is 5.76 Å². The van der Waals surface area contributed by atoms with Gasteiger partial charge in [0.2, 0.25) is 0 Å². The molecule has 222 valence electrons. The molecule has 0 unspecified atom stereocenters.